The lowest BCUT2D eigenvalue weighted by Gasteiger charge is -2.17. The molecule has 6 heteroatoms. The van der Waals surface area contributed by atoms with Crippen molar-refractivity contribution in [2.45, 2.75) is 12.8 Å². The summed E-state index contributed by atoms with van der Waals surface area (Å²) in [6, 6.07) is 4.81. The van der Waals surface area contributed by atoms with Crippen LogP contribution in [0.25, 0.3) is 0 Å². The van der Waals surface area contributed by atoms with Crippen LogP contribution in [0, 0.1) is 0 Å². The second-order valence-electron chi connectivity index (χ2n) is 4.83. The fourth-order valence-electron chi connectivity index (χ4n) is 2.30. The van der Waals surface area contributed by atoms with Crippen molar-refractivity contribution in [1.82, 2.24) is 0 Å². The number of rotatable bonds is 8. The minimum absolute atomic E-state index is 0.00410. The second kappa shape index (κ2) is 7.19. The SMILES string of the molecule is COCCOCCCN1C(=O)Cc2ccc(C(=O)O)cc21. The first-order chi connectivity index (χ1) is 10.1. The summed E-state index contributed by atoms with van der Waals surface area (Å²) in [5.41, 5.74) is 1.78. The maximum Gasteiger partial charge on any atom is 0.335 e. The van der Waals surface area contributed by atoms with E-state index in [1.54, 1.807) is 24.1 Å². The summed E-state index contributed by atoms with van der Waals surface area (Å²) in [6.45, 7) is 2.15. The third-order valence-electron chi connectivity index (χ3n) is 3.37. The molecular formula is C15H19NO5. The normalized spacial score (nSPS) is 13.6. The summed E-state index contributed by atoms with van der Waals surface area (Å²) in [5, 5.41) is 9.03. The third kappa shape index (κ3) is 3.80. The van der Waals surface area contributed by atoms with E-state index in [1.165, 1.54) is 6.07 Å². The number of nitrogens with zero attached hydrogens (tertiary/aromatic N) is 1. The summed E-state index contributed by atoms with van der Waals surface area (Å²) in [6.07, 6.45) is 1.03. The smallest absolute Gasteiger partial charge is 0.335 e. The lowest BCUT2D eigenvalue weighted by atomic mass is 10.1. The van der Waals surface area contributed by atoms with Crippen molar-refractivity contribution in [3.05, 3.63) is 29.3 Å². The van der Waals surface area contributed by atoms with Gasteiger partial charge in [-0.1, -0.05) is 6.07 Å². The molecule has 1 aliphatic rings. The third-order valence-corrected chi connectivity index (χ3v) is 3.37. The van der Waals surface area contributed by atoms with Gasteiger partial charge in [0, 0.05) is 25.9 Å². The molecule has 1 aromatic rings. The Labute approximate surface area is 123 Å². The fourth-order valence-corrected chi connectivity index (χ4v) is 2.30. The average molecular weight is 293 g/mol. The Hall–Kier alpha value is -1.92. The number of carboxylic acid groups (broad SMARTS) is 1. The molecule has 21 heavy (non-hydrogen) atoms. The highest BCUT2D eigenvalue weighted by Crippen LogP contribution is 2.30. The Morgan fingerprint density at radius 2 is 2.14 bits per heavy atom. The van der Waals surface area contributed by atoms with Crippen molar-refractivity contribution in [2.75, 3.05) is 38.4 Å². The summed E-state index contributed by atoms with van der Waals surface area (Å²) < 4.78 is 10.2. The minimum Gasteiger partial charge on any atom is -0.478 e. The van der Waals surface area contributed by atoms with Gasteiger partial charge in [0.1, 0.15) is 0 Å². The van der Waals surface area contributed by atoms with E-state index in [2.05, 4.69) is 0 Å². The van der Waals surface area contributed by atoms with Crippen LogP contribution in [-0.4, -0.2) is 50.5 Å². The molecule has 6 nitrogen and oxygen atoms in total. The zero-order chi connectivity index (χ0) is 15.2. The molecule has 0 aliphatic carbocycles. The van der Waals surface area contributed by atoms with Gasteiger partial charge in [0.05, 0.1) is 25.2 Å². The highest BCUT2D eigenvalue weighted by molar-refractivity contribution is 6.03. The molecule has 0 radical (unpaired) electrons. The Morgan fingerprint density at radius 1 is 1.33 bits per heavy atom. The zero-order valence-corrected chi connectivity index (χ0v) is 12.0. The minimum atomic E-state index is -0.986. The van der Waals surface area contributed by atoms with Crippen molar-refractivity contribution in [1.29, 1.82) is 0 Å². The van der Waals surface area contributed by atoms with Gasteiger partial charge in [-0.05, 0) is 24.1 Å². The lowest BCUT2D eigenvalue weighted by Crippen LogP contribution is -2.28. The molecule has 1 amide bonds. The van der Waals surface area contributed by atoms with Crippen LogP contribution in [0.15, 0.2) is 18.2 Å². The fraction of sp³-hybridized carbons (Fsp3) is 0.467. The van der Waals surface area contributed by atoms with E-state index < -0.39 is 5.97 Å². The summed E-state index contributed by atoms with van der Waals surface area (Å²) in [5.74, 6) is -0.982. The van der Waals surface area contributed by atoms with Gasteiger partial charge in [-0.3, -0.25) is 4.79 Å². The number of carbonyl (C=O) groups excluding carboxylic acids is 1. The lowest BCUT2D eigenvalue weighted by molar-refractivity contribution is -0.117. The van der Waals surface area contributed by atoms with Crippen molar-refractivity contribution in [3.63, 3.8) is 0 Å². The Morgan fingerprint density at radius 3 is 2.86 bits per heavy atom. The summed E-state index contributed by atoms with van der Waals surface area (Å²) >= 11 is 0. The summed E-state index contributed by atoms with van der Waals surface area (Å²) in [7, 11) is 1.61. The second-order valence-corrected chi connectivity index (χ2v) is 4.83. The topological polar surface area (TPSA) is 76.1 Å². The first kappa shape index (κ1) is 15.5. The van der Waals surface area contributed by atoms with Gasteiger partial charge in [-0.25, -0.2) is 4.79 Å². The number of amides is 1. The van der Waals surface area contributed by atoms with Crippen LogP contribution in [-0.2, 0) is 20.7 Å². The number of carbonyl (C=O) groups is 2. The Bertz CT molecular complexity index is 529. The van der Waals surface area contributed by atoms with E-state index in [0.29, 0.717) is 44.9 Å². The van der Waals surface area contributed by atoms with Crippen molar-refractivity contribution in [2.24, 2.45) is 0 Å². The predicted molar refractivity (Wildman–Crippen MR) is 76.8 cm³/mol. The molecule has 1 aliphatic heterocycles. The van der Waals surface area contributed by atoms with Gasteiger partial charge < -0.3 is 19.5 Å². The maximum atomic E-state index is 12.0. The number of methoxy groups -OCH3 is 1. The number of anilines is 1. The average Bonchev–Trinajstić information content (AvgIpc) is 2.77. The van der Waals surface area contributed by atoms with E-state index in [9.17, 15) is 9.59 Å². The number of benzene rings is 1. The molecule has 0 unspecified atom stereocenters. The zero-order valence-electron chi connectivity index (χ0n) is 12.0. The first-order valence-electron chi connectivity index (χ1n) is 6.86. The van der Waals surface area contributed by atoms with Crippen LogP contribution in [0.3, 0.4) is 0 Å². The van der Waals surface area contributed by atoms with Crippen LogP contribution in [0.5, 0.6) is 0 Å². The Balaban J connectivity index is 1.94. The van der Waals surface area contributed by atoms with Crippen LogP contribution in [0.4, 0.5) is 5.69 Å². The molecule has 1 N–H and O–H groups in total. The van der Waals surface area contributed by atoms with E-state index in [-0.39, 0.29) is 11.5 Å². The Kier molecular flexibility index (Phi) is 5.30. The number of aromatic carboxylic acids is 1. The van der Waals surface area contributed by atoms with Crippen LogP contribution in [0.1, 0.15) is 22.3 Å². The highest BCUT2D eigenvalue weighted by Gasteiger charge is 2.27. The molecule has 0 fully saturated rings. The number of hydrogen-bond donors (Lipinski definition) is 1. The predicted octanol–water partition coefficient (Wildman–Crippen LogP) is 1.33. The van der Waals surface area contributed by atoms with Crippen molar-refractivity contribution in [3.8, 4) is 0 Å². The van der Waals surface area contributed by atoms with Gasteiger partial charge in [0.2, 0.25) is 5.91 Å². The summed E-state index contributed by atoms with van der Waals surface area (Å²) in [4.78, 5) is 24.7. The quantitative estimate of drug-likeness (QED) is 0.732. The van der Waals surface area contributed by atoms with Gasteiger partial charge in [0.25, 0.3) is 0 Å². The van der Waals surface area contributed by atoms with E-state index in [0.717, 1.165) is 5.56 Å². The largest absolute Gasteiger partial charge is 0.478 e. The molecule has 0 saturated heterocycles. The van der Waals surface area contributed by atoms with Crippen LogP contribution in [0.2, 0.25) is 0 Å². The monoisotopic (exact) mass is 293 g/mol. The van der Waals surface area contributed by atoms with Crippen LogP contribution < -0.4 is 4.90 Å². The molecule has 0 bridgehead atoms. The molecule has 0 saturated carbocycles. The molecule has 1 heterocycles. The molecular weight excluding hydrogens is 274 g/mol. The maximum absolute atomic E-state index is 12.0. The molecule has 0 spiro atoms. The van der Waals surface area contributed by atoms with E-state index in [1.807, 2.05) is 0 Å². The molecule has 2 rings (SSSR count). The van der Waals surface area contributed by atoms with E-state index in [4.69, 9.17) is 14.6 Å². The number of carboxylic acids is 1. The molecule has 1 aromatic carbocycles. The molecule has 0 aromatic heterocycles. The van der Waals surface area contributed by atoms with Gasteiger partial charge in [-0.2, -0.15) is 0 Å². The van der Waals surface area contributed by atoms with Crippen LogP contribution >= 0.6 is 0 Å². The molecule has 114 valence electrons. The van der Waals surface area contributed by atoms with Crippen molar-refractivity contribution < 1.29 is 24.2 Å². The number of fused-ring (bicyclic) bond motifs is 1. The highest BCUT2D eigenvalue weighted by atomic mass is 16.5. The first-order valence-corrected chi connectivity index (χ1v) is 6.86. The standard InChI is InChI=1S/C15H19NO5/c1-20-7-8-21-6-2-5-16-13-9-12(15(18)19)4-3-11(13)10-14(16)17/h3-4,9H,2,5-8,10H2,1H3,(H,18,19). The van der Waals surface area contributed by atoms with Gasteiger partial charge in [0.15, 0.2) is 0 Å². The van der Waals surface area contributed by atoms with Gasteiger partial charge in [-0.15, -0.1) is 0 Å². The van der Waals surface area contributed by atoms with Crippen molar-refractivity contribution >= 4 is 17.6 Å². The molecule has 0 atom stereocenters. The number of hydrogen-bond acceptors (Lipinski definition) is 4. The van der Waals surface area contributed by atoms with Gasteiger partial charge >= 0.3 is 5.97 Å². The van der Waals surface area contributed by atoms with E-state index >= 15 is 0 Å². The number of ether oxygens (including phenoxy) is 2.